The Kier molecular flexibility index (Phi) is 12.7. The Morgan fingerprint density at radius 2 is 1.60 bits per heavy atom. The summed E-state index contributed by atoms with van der Waals surface area (Å²) < 4.78 is 32.5. The highest BCUT2D eigenvalue weighted by atomic mass is 35.5. The summed E-state index contributed by atoms with van der Waals surface area (Å²) in [5, 5.41) is 3.54. The van der Waals surface area contributed by atoms with Gasteiger partial charge < -0.3 is 15.0 Å². The number of carbonyl (C=O) groups excluding carboxylic acids is 2. The van der Waals surface area contributed by atoms with E-state index >= 15 is 0 Å². The van der Waals surface area contributed by atoms with Crippen molar-refractivity contribution in [3.8, 4) is 5.75 Å². The zero-order chi connectivity index (χ0) is 30.5. The molecule has 42 heavy (non-hydrogen) atoms. The van der Waals surface area contributed by atoms with Crippen molar-refractivity contribution in [1.82, 2.24) is 10.2 Å². The van der Waals surface area contributed by atoms with Crippen LogP contribution in [0.25, 0.3) is 0 Å². The summed E-state index contributed by atoms with van der Waals surface area (Å²) >= 11 is 6.10. The maximum Gasteiger partial charge on any atom is 0.243 e. The van der Waals surface area contributed by atoms with Gasteiger partial charge in [0.1, 0.15) is 11.8 Å². The van der Waals surface area contributed by atoms with E-state index in [0.29, 0.717) is 36.0 Å². The minimum atomic E-state index is -3.66. The van der Waals surface area contributed by atoms with Crippen molar-refractivity contribution in [3.63, 3.8) is 0 Å². The van der Waals surface area contributed by atoms with Gasteiger partial charge in [0.2, 0.25) is 21.8 Å². The largest absolute Gasteiger partial charge is 0.492 e. The van der Waals surface area contributed by atoms with Gasteiger partial charge in [-0.3, -0.25) is 13.9 Å². The van der Waals surface area contributed by atoms with Gasteiger partial charge in [-0.05, 0) is 55.2 Å². The molecule has 3 aromatic carbocycles. The molecule has 0 heterocycles. The number of ether oxygens (including phenoxy) is 1. The lowest BCUT2D eigenvalue weighted by Crippen LogP contribution is -2.50. The molecule has 226 valence electrons. The molecule has 1 N–H and O–H groups in total. The van der Waals surface area contributed by atoms with E-state index in [-0.39, 0.29) is 37.7 Å². The van der Waals surface area contributed by atoms with Gasteiger partial charge >= 0.3 is 0 Å². The number of para-hydroxylation sites is 2. The molecule has 0 aliphatic carbocycles. The molecule has 1 atom stereocenters. The summed E-state index contributed by atoms with van der Waals surface area (Å²) in [7, 11) is -3.66. The van der Waals surface area contributed by atoms with Gasteiger partial charge in [0.15, 0.2) is 0 Å². The molecule has 0 saturated carbocycles. The zero-order valence-electron chi connectivity index (χ0n) is 24.5. The smallest absolute Gasteiger partial charge is 0.243 e. The first-order valence-corrected chi connectivity index (χ1v) is 16.4. The maximum atomic E-state index is 13.9. The van der Waals surface area contributed by atoms with Crippen molar-refractivity contribution in [2.45, 2.75) is 52.1 Å². The third kappa shape index (κ3) is 9.77. The monoisotopic (exact) mass is 613 g/mol. The highest BCUT2D eigenvalue weighted by Gasteiger charge is 2.30. The molecule has 0 radical (unpaired) electrons. The molecule has 0 aliphatic rings. The molecule has 3 rings (SSSR count). The number of benzene rings is 3. The third-order valence-corrected chi connectivity index (χ3v) is 8.10. The molecule has 8 nitrogen and oxygen atoms in total. The molecule has 0 spiro atoms. The lowest BCUT2D eigenvalue weighted by atomic mass is 10.0. The van der Waals surface area contributed by atoms with Gasteiger partial charge in [-0.15, -0.1) is 0 Å². The SMILES string of the molecule is CCCNC(=O)[C@@H](Cc1ccccc1)N(Cc1ccc(Cl)cc1)C(=O)CCCN(c1ccccc1OCC)S(C)(=O)=O. The standard InChI is InChI=1S/C32H40ClN3O5S/c1-4-21-34-32(38)29(23-25-12-7-6-8-13-25)35(24-26-17-19-27(33)20-18-26)31(37)16-11-22-36(42(3,39)40)28-14-9-10-15-30(28)41-5-2/h6-10,12-15,17-20,29H,4-5,11,16,21-24H2,1-3H3,(H,34,38)/t29-/m1/s1. The summed E-state index contributed by atoms with van der Waals surface area (Å²) in [6.45, 7) is 4.97. The summed E-state index contributed by atoms with van der Waals surface area (Å²) in [4.78, 5) is 29.0. The van der Waals surface area contributed by atoms with Crippen LogP contribution in [0, 0.1) is 0 Å². The first-order chi connectivity index (χ1) is 20.1. The predicted octanol–water partition coefficient (Wildman–Crippen LogP) is 5.45. The van der Waals surface area contributed by atoms with Crippen LogP contribution in [0.1, 0.15) is 44.2 Å². The van der Waals surface area contributed by atoms with Gasteiger partial charge in [0, 0.05) is 37.5 Å². The summed E-state index contributed by atoms with van der Waals surface area (Å²) in [5.74, 6) is -0.0212. The minimum Gasteiger partial charge on any atom is -0.492 e. The zero-order valence-corrected chi connectivity index (χ0v) is 26.0. The van der Waals surface area contributed by atoms with E-state index < -0.39 is 16.1 Å². The lowest BCUT2D eigenvalue weighted by Gasteiger charge is -2.32. The number of anilines is 1. The Morgan fingerprint density at radius 1 is 0.929 bits per heavy atom. The van der Waals surface area contributed by atoms with Crippen molar-refractivity contribution < 1.29 is 22.7 Å². The van der Waals surface area contributed by atoms with Gasteiger partial charge in [-0.2, -0.15) is 0 Å². The first-order valence-electron chi connectivity index (χ1n) is 14.2. The Hall–Kier alpha value is -3.56. The van der Waals surface area contributed by atoms with E-state index in [2.05, 4.69) is 5.32 Å². The topological polar surface area (TPSA) is 96.0 Å². The highest BCUT2D eigenvalue weighted by molar-refractivity contribution is 7.92. The number of hydrogen-bond donors (Lipinski definition) is 1. The Balaban J connectivity index is 1.88. The number of sulfonamides is 1. The van der Waals surface area contributed by atoms with Crippen molar-refractivity contribution >= 4 is 39.1 Å². The van der Waals surface area contributed by atoms with E-state index in [4.69, 9.17) is 16.3 Å². The van der Waals surface area contributed by atoms with E-state index in [1.807, 2.05) is 56.3 Å². The van der Waals surface area contributed by atoms with Gasteiger partial charge in [-0.1, -0.05) is 73.1 Å². The van der Waals surface area contributed by atoms with Crippen LogP contribution in [0.4, 0.5) is 5.69 Å². The summed E-state index contributed by atoms with van der Waals surface area (Å²) in [6.07, 6.45) is 2.53. The first kappa shape index (κ1) is 32.9. The van der Waals surface area contributed by atoms with Gasteiger partial charge in [0.05, 0.1) is 18.6 Å². The quantitative estimate of drug-likeness (QED) is 0.232. The number of carbonyl (C=O) groups is 2. The Labute approximate surface area is 254 Å². The van der Waals surface area contributed by atoms with E-state index in [0.717, 1.165) is 23.8 Å². The second-order valence-corrected chi connectivity index (χ2v) is 12.3. The fraction of sp³-hybridized carbons (Fsp3) is 0.375. The molecule has 0 aromatic heterocycles. The van der Waals surface area contributed by atoms with Crippen LogP contribution in [-0.4, -0.2) is 57.1 Å². The van der Waals surface area contributed by atoms with Gasteiger partial charge in [0.25, 0.3) is 0 Å². The van der Waals surface area contributed by atoms with Gasteiger partial charge in [-0.25, -0.2) is 8.42 Å². The van der Waals surface area contributed by atoms with Crippen LogP contribution in [-0.2, 0) is 32.6 Å². The van der Waals surface area contributed by atoms with Crippen molar-refractivity contribution in [2.75, 3.05) is 30.3 Å². The molecule has 0 unspecified atom stereocenters. The van der Waals surface area contributed by atoms with E-state index in [1.54, 1.807) is 41.3 Å². The molecular weight excluding hydrogens is 574 g/mol. The molecule has 3 aromatic rings. The van der Waals surface area contributed by atoms with Crippen LogP contribution < -0.4 is 14.4 Å². The fourth-order valence-electron chi connectivity index (χ4n) is 4.63. The van der Waals surface area contributed by atoms with Crippen LogP contribution in [0.2, 0.25) is 5.02 Å². The Morgan fingerprint density at radius 3 is 2.24 bits per heavy atom. The maximum absolute atomic E-state index is 13.9. The van der Waals surface area contributed by atoms with Crippen LogP contribution >= 0.6 is 11.6 Å². The molecule has 10 heteroatoms. The van der Waals surface area contributed by atoms with Crippen LogP contribution in [0.3, 0.4) is 0 Å². The van der Waals surface area contributed by atoms with E-state index in [9.17, 15) is 18.0 Å². The Bertz CT molecular complexity index is 1400. The number of nitrogens with one attached hydrogen (secondary N) is 1. The minimum absolute atomic E-state index is 0.0444. The summed E-state index contributed by atoms with van der Waals surface area (Å²) in [6, 6.07) is 22.9. The average molecular weight is 614 g/mol. The van der Waals surface area contributed by atoms with Crippen molar-refractivity contribution in [1.29, 1.82) is 0 Å². The number of amides is 2. The molecule has 0 aliphatic heterocycles. The number of rotatable bonds is 16. The number of halogens is 1. The van der Waals surface area contributed by atoms with Crippen LogP contribution in [0.15, 0.2) is 78.9 Å². The molecule has 2 amide bonds. The predicted molar refractivity (Wildman–Crippen MR) is 168 cm³/mol. The highest BCUT2D eigenvalue weighted by Crippen LogP contribution is 2.30. The number of nitrogens with zero attached hydrogens (tertiary/aromatic N) is 2. The fourth-order valence-corrected chi connectivity index (χ4v) is 5.72. The third-order valence-electron chi connectivity index (χ3n) is 6.67. The molecule has 0 bridgehead atoms. The normalized spacial score (nSPS) is 11.9. The second-order valence-electron chi connectivity index (χ2n) is 9.98. The van der Waals surface area contributed by atoms with Crippen LogP contribution in [0.5, 0.6) is 5.75 Å². The molecule has 0 saturated heterocycles. The van der Waals surface area contributed by atoms with E-state index in [1.165, 1.54) is 4.31 Å². The van der Waals surface area contributed by atoms with Crippen molar-refractivity contribution in [2.24, 2.45) is 0 Å². The van der Waals surface area contributed by atoms with Crippen molar-refractivity contribution in [3.05, 3.63) is 95.0 Å². The molecular formula is C32H40ClN3O5S. The summed E-state index contributed by atoms with van der Waals surface area (Å²) in [5.41, 5.74) is 2.18. The lowest BCUT2D eigenvalue weighted by molar-refractivity contribution is -0.141. The average Bonchev–Trinajstić information content (AvgIpc) is 2.97. The number of hydrogen-bond acceptors (Lipinski definition) is 5. The molecule has 0 fully saturated rings. The second kappa shape index (κ2) is 16.2.